The number of nitrogens with zero attached hydrogens (tertiary/aromatic N) is 2. The molecule has 3 rings (SSSR count). The van der Waals surface area contributed by atoms with Crippen molar-refractivity contribution in [1.82, 2.24) is 9.21 Å². The fraction of sp³-hybridized carbons (Fsp3) is 0.476. The number of rotatable bonds is 5. The Morgan fingerprint density at radius 2 is 1.75 bits per heavy atom. The molecule has 0 spiro atoms. The van der Waals surface area contributed by atoms with Gasteiger partial charge in [0.15, 0.2) is 0 Å². The second kappa shape index (κ2) is 8.35. The number of aryl methyl sites for hydroxylation is 1. The van der Waals surface area contributed by atoms with Gasteiger partial charge in [0.25, 0.3) is 5.91 Å². The summed E-state index contributed by atoms with van der Waals surface area (Å²) in [7, 11) is -1.76. The van der Waals surface area contributed by atoms with Gasteiger partial charge in [0.05, 0.1) is 11.4 Å². The van der Waals surface area contributed by atoms with Crippen molar-refractivity contribution < 1.29 is 13.2 Å². The molecule has 1 aliphatic rings. The number of carbonyl (C=O) groups excluding carboxylic acids is 1. The minimum absolute atomic E-state index is 0.114. The molecular formula is C21H28N2O3S2. The lowest BCUT2D eigenvalue weighted by Crippen LogP contribution is -2.42. The van der Waals surface area contributed by atoms with E-state index >= 15 is 0 Å². The highest BCUT2D eigenvalue weighted by molar-refractivity contribution is 7.89. The third-order valence-electron chi connectivity index (χ3n) is 5.27. The van der Waals surface area contributed by atoms with E-state index in [0.29, 0.717) is 37.0 Å². The van der Waals surface area contributed by atoms with Crippen LogP contribution in [0.25, 0.3) is 0 Å². The van der Waals surface area contributed by atoms with Crippen LogP contribution in [0.1, 0.15) is 41.1 Å². The van der Waals surface area contributed by atoms with Crippen molar-refractivity contribution >= 4 is 27.3 Å². The number of piperidine rings is 1. The van der Waals surface area contributed by atoms with Gasteiger partial charge in [0.1, 0.15) is 0 Å². The maximum absolute atomic E-state index is 13.0. The summed E-state index contributed by atoms with van der Waals surface area (Å²) in [6, 6.07) is 8.38. The Morgan fingerprint density at radius 3 is 2.29 bits per heavy atom. The molecule has 1 fully saturated rings. The number of thiophene rings is 1. The number of carbonyl (C=O) groups is 1. The highest BCUT2D eigenvalue weighted by Gasteiger charge is 2.31. The van der Waals surface area contributed by atoms with Gasteiger partial charge in [-0.05, 0) is 66.5 Å². The summed E-state index contributed by atoms with van der Waals surface area (Å²) in [5.74, 6) is 0.597. The highest BCUT2D eigenvalue weighted by atomic mass is 32.2. The Morgan fingerprint density at radius 1 is 1.14 bits per heavy atom. The Labute approximate surface area is 172 Å². The SMILES string of the molecule is Cc1ccsc1CN(C)C(=O)c1ccc(S(=O)(=O)N2C[C@@H](C)C[C@H](C)C2)cc1. The van der Waals surface area contributed by atoms with Gasteiger partial charge in [-0.15, -0.1) is 11.3 Å². The van der Waals surface area contributed by atoms with Crippen LogP contribution in [-0.4, -0.2) is 43.7 Å². The fourth-order valence-corrected chi connectivity index (χ4v) is 6.43. The largest absolute Gasteiger partial charge is 0.337 e. The molecule has 5 nitrogen and oxygen atoms in total. The van der Waals surface area contributed by atoms with Crippen molar-refractivity contribution in [2.45, 2.75) is 38.6 Å². The number of amides is 1. The summed E-state index contributed by atoms with van der Waals surface area (Å²) in [6.07, 6.45) is 1.05. The quantitative estimate of drug-likeness (QED) is 0.735. The highest BCUT2D eigenvalue weighted by Crippen LogP contribution is 2.27. The van der Waals surface area contributed by atoms with E-state index in [1.165, 1.54) is 5.56 Å². The van der Waals surface area contributed by atoms with Gasteiger partial charge in [-0.25, -0.2) is 8.42 Å². The van der Waals surface area contributed by atoms with Crippen molar-refractivity contribution in [3.63, 3.8) is 0 Å². The summed E-state index contributed by atoms with van der Waals surface area (Å²) in [6.45, 7) is 7.86. The first kappa shape index (κ1) is 21.0. The summed E-state index contributed by atoms with van der Waals surface area (Å²) in [4.78, 5) is 15.8. The summed E-state index contributed by atoms with van der Waals surface area (Å²) < 4.78 is 27.5. The Hall–Kier alpha value is -1.70. The van der Waals surface area contributed by atoms with Crippen LogP contribution in [0.3, 0.4) is 0 Å². The predicted molar refractivity (Wildman–Crippen MR) is 113 cm³/mol. The normalized spacial score (nSPS) is 20.9. The van der Waals surface area contributed by atoms with Gasteiger partial charge in [0, 0.05) is 30.6 Å². The molecule has 0 saturated carbocycles. The van der Waals surface area contributed by atoms with Gasteiger partial charge in [0.2, 0.25) is 10.0 Å². The van der Waals surface area contributed by atoms with Crippen LogP contribution in [0.4, 0.5) is 0 Å². The molecule has 2 heterocycles. The molecule has 1 aromatic heterocycles. The van der Waals surface area contributed by atoms with E-state index < -0.39 is 10.0 Å². The smallest absolute Gasteiger partial charge is 0.253 e. The zero-order valence-corrected chi connectivity index (χ0v) is 18.5. The van der Waals surface area contributed by atoms with Gasteiger partial charge in [-0.1, -0.05) is 13.8 Å². The van der Waals surface area contributed by atoms with Crippen LogP contribution in [0.15, 0.2) is 40.6 Å². The number of hydrogen-bond donors (Lipinski definition) is 0. The predicted octanol–water partition coefficient (Wildman–Crippen LogP) is 4.00. The first-order valence-corrected chi connectivity index (χ1v) is 11.9. The van der Waals surface area contributed by atoms with Crippen LogP contribution < -0.4 is 0 Å². The first-order valence-electron chi connectivity index (χ1n) is 9.57. The van der Waals surface area contributed by atoms with Crippen LogP contribution in [0.2, 0.25) is 0 Å². The van der Waals surface area contributed by atoms with Gasteiger partial charge < -0.3 is 4.90 Å². The van der Waals surface area contributed by atoms with Crippen molar-refractivity contribution in [3.8, 4) is 0 Å². The number of benzene rings is 1. The molecule has 0 bridgehead atoms. The second-order valence-electron chi connectivity index (χ2n) is 7.98. The minimum atomic E-state index is -3.53. The third kappa shape index (κ3) is 4.47. The number of sulfonamides is 1. The van der Waals surface area contributed by atoms with Crippen molar-refractivity contribution in [2.24, 2.45) is 11.8 Å². The van der Waals surface area contributed by atoms with Crippen LogP contribution >= 0.6 is 11.3 Å². The molecule has 1 aromatic carbocycles. The third-order valence-corrected chi connectivity index (χ3v) is 8.12. The van der Waals surface area contributed by atoms with E-state index in [4.69, 9.17) is 0 Å². The lowest BCUT2D eigenvalue weighted by atomic mass is 9.94. The molecule has 1 amide bonds. The molecule has 1 saturated heterocycles. The number of hydrogen-bond acceptors (Lipinski definition) is 4. The van der Waals surface area contributed by atoms with E-state index in [9.17, 15) is 13.2 Å². The lowest BCUT2D eigenvalue weighted by Gasteiger charge is -2.34. The lowest BCUT2D eigenvalue weighted by molar-refractivity contribution is 0.0786. The van der Waals surface area contributed by atoms with E-state index in [1.54, 1.807) is 51.9 Å². The molecule has 7 heteroatoms. The zero-order chi connectivity index (χ0) is 20.5. The average Bonchev–Trinajstić information content (AvgIpc) is 3.05. The van der Waals surface area contributed by atoms with Crippen LogP contribution in [0, 0.1) is 18.8 Å². The van der Waals surface area contributed by atoms with Gasteiger partial charge >= 0.3 is 0 Å². The first-order chi connectivity index (χ1) is 13.2. The molecule has 1 aliphatic heterocycles. The maximum atomic E-state index is 13.0. The van der Waals surface area contributed by atoms with E-state index in [2.05, 4.69) is 13.8 Å². The van der Waals surface area contributed by atoms with Crippen molar-refractivity contribution in [3.05, 3.63) is 51.7 Å². The van der Waals surface area contributed by atoms with Gasteiger partial charge in [-0.3, -0.25) is 4.79 Å². The summed E-state index contributed by atoms with van der Waals surface area (Å²) in [5, 5.41) is 2.02. The molecule has 0 N–H and O–H groups in total. The topological polar surface area (TPSA) is 57.7 Å². The fourth-order valence-electron chi connectivity index (χ4n) is 3.79. The Kier molecular flexibility index (Phi) is 6.27. The monoisotopic (exact) mass is 420 g/mol. The molecular weight excluding hydrogens is 392 g/mol. The van der Waals surface area contributed by atoms with E-state index in [1.807, 2.05) is 18.4 Å². The molecule has 0 aliphatic carbocycles. The Balaban J connectivity index is 1.73. The molecule has 2 atom stereocenters. The van der Waals surface area contributed by atoms with Crippen LogP contribution in [0.5, 0.6) is 0 Å². The van der Waals surface area contributed by atoms with Crippen molar-refractivity contribution in [1.29, 1.82) is 0 Å². The maximum Gasteiger partial charge on any atom is 0.253 e. The molecule has 28 heavy (non-hydrogen) atoms. The van der Waals surface area contributed by atoms with E-state index in [0.717, 1.165) is 11.3 Å². The standard InChI is InChI=1S/C21H28N2O3S2/c1-15-11-16(2)13-23(12-15)28(25,26)19-7-5-18(6-8-19)21(24)22(4)14-20-17(3)9-10-27-20/h5-10,15-16H,11-14H2,1-4H3/t15-,16-/m0/s1. The van der Waals surface area contributed by atoms with Crippen LogP contribution in [-0.2, 0) is 16.6 Å². The summed E-state index contributed by atoms with van der Waals surface area (Å²) >= 11 is 1.63. The second-order valence-corrected chi connectivity index (χ2v) is 10.9. The minimum Gasteiger partial charge on any atom is -0.337 e. The molecule has 2 aromatic rings. The van der Waals surface area contributed by atoms with Gasteiger partial charge in [-0.2, -0.15) is 4.31 Å². The average molecular weight is 421 g/mol. The molecule has 0 radical (unpaired) electrons. The summed E-state index contributed by atoms with van der Waals surface area (Å²) in [5.41, 5.74) is 1.67. The van der Waals surface area contributed by atoms with Crippen molar-refractivity contribution in [2.75, 3.05) is 20.1 Å². The Bertz CT molecular complexity index is 925. The zero-order valence-electron chi connectivity index (χ0n) is 16.9. The van der Waals surface area contributed by atoms with E-state index in [-0.39, 0.29) is 10.8 Å². The molecule has 152 valence electrons. The molecule has 0 unspecified atom stereocenters.